The van der Waals surface area contributed by atoms with Crippen LogP contribution in [0.4, 0.5) is 0 Å². The molecular weight excluding hydrogens is 152 g/mol. The molecule has 0 spiro atoms. The van der Waals surface area contributed by atoms with Gasteiger partial charge in [0.1, 0.15) is 5.82 Å². The Morgan fingerprint density at radius 2 is 2.00 bits per heavy atom. The molecule has 0 saturated heterocycles. The van der Waals surface area contributed by atoms with Crippen LogP contribution in [0.1, 0.15) is 32.2 Å². The van der Waals surface area contributed by atoms with Crippen molar-refractivity contribution in [3.8, 4) is 0 Å². The number of nitrogens with one attached hydrogen (secondary N) is 1. The highest BCUT2D eigenvalue weighted by Gasteiger charge is 2.17. The average molecular weight is 166 g/mol. The topological polar surface area (TPSA) is 45.8 Å². The monoisotopic (exact) mass is 166 g/mol. The Labute approximate surface area is 71.9 Å². The third-order valence-corrected chi connectivity index (χ3v) is 1.73. The molecule has 66 valence electrons. The van der Waals surface area contributed by atoms with Crippen LogP contribution in [0.25, 0.3) is 0 Å². The highest BCUT2D eigenvalue weighted by Crippen LogP contribution is 2.16. The maximum absolute atomic E-state index is 11.4. The van der Waals surface area contributed by atoms with Crippen LogP contribution in [0.2, 0.25) is 0 Å². The van der Waals surface area contributed by atoms with Crippen molar-refractivity contribution in [3.05, 3.63) is 27.9 Å². The fourth-order valence-electron chi connectivity index (χ4n) is 1.02. The standard InChI is InChI=1S/C9H14N2O/c1-6-10-5-7(8(12)11-6)9(2,3)4/h5H,1-4H3,(H,10,11,12). The van der Waals surface area contributed by atoms with Crippen molar-refractivity contribution in [2.45, 2.75) is 33.1 Å². The number of H-pyrrole nitrogens is 1. The second kappa shape index (κ2) is 2.73. The van der Waals surface area contributed by atoms with Gasteiger partial charge >= 0.3 is 0 Å². The summed E-state index contributed by atoms with van der Waals surface area (Å²) in [5.74, 6) is 0.660. The van der Waals surface area contributed by atoms with E-state index in [1.54, 1.807) is 13.1 Å². The lowest BCUT2D eigenvalue weighted by atomic mass is 9.89. The lowest BCUT2D eigenvalue weighted by Crippen LogP contribution is -2.25. The van der Waals surface area contributed by atoms with Crippen LogP contribution in [-0.4, -0.2) is 9.97 Å². The van der Waals surface area contributed by atoms with Gasteiger partial charge in [-0.1, -0.05) is 20.8 Å². The molecule has 0 aliphatic carbocycles. The van der Waals surface area contributed by atoms with E-state index in [1.807, 2.05) is 20.8 Å². The summed E-state index contributed by atoms with van der Waals surface area (Å²) in [6, 6.07) is 0. The predicted octanol–water partition coefficient (Wildman–Crippen LogP) is 1.38. The zero-order chi connectivity index (χ0) is 9.35. The van der Waals surface area contributed by atoms with Gasteiger partial charge in [-0.25, -0.2) is 4.98 Å². The van der Waals surface area contributed by atoms with Crippen LogP contribution in [0, 0.1) is 6.92 Å². The summed E-state index contributed by atoms with van der Waals surface area (Å²) < 4.78 is 0. The molecule has 0 radical (unpaired) electrons. The highest BCUT2D eigenvalue weighted by molar-refractivity contribution is 5.15. The van der Waals surface area contributed by atoms with E-state index < -0.39 is 0 Å². The molecule has 0 aliphatic heterocycles. The van der Waals surface area contributed by atoms with Gasteiger partial charge in [0.2, 0.25) is 0 Å². The molecule has 3 nitrogen and oxygen atoms in total. The number of nitrogens with zero attached hydrogens (tertiary/aromatic N) is 1. The molecule has 1 N–H and O–H groups in total. The summed E-state index contributed by atoms with van der Waals surface area (Å²) in [5.41, 5.74) is 0.567. The lowest BCUT2D eigenvalue weighted by Gasteiger charge is -2.16. The van der Waals surface area contributed by atoms with E-state index in [1.165, 1.54) is 0 Å². The van der Waals surface area contributed by atoms with Crippen LogP contribution >= 0.6 is 0 Å². The van der Waals surface area contributed by atoms with Crippen molar-refractivity contribution in [3.63, 3.8) is 0 Å². The largest absolute Gasteiger partial charge is 0.311 e. The Kier molecular flexibility index (Phi) is 2.04. The maximum Gasteiger partial charge on any atom is 0.254 e. The first kappa shape index (κ1) is 8.97. The molecular formula is C9H14N2O. The zero-order valence-electron chi connectivity index (χ0n) is 7.93. The van der Waals surface area contributed by atoms with Gasteiger partial charge in [0.25, 0.3) is 5.56 Å². The lowest BCUT2D eigenvalue weighted by molar-refractivity contribution is 0.576. The first-order valence-electron chi connectivity index (χ1n) is 3.97. The van der Waals surface area contributed by atoms with Crippen molar-refractivity contribution in [2.24, 2.45) is 0 Å². The molecule has 0 aliphatic rings. The SMILES string of the molecule is Cc1ncc(C(C)(C)C)c(=O)[nH]1. The van der Waals surface area contributed by atoms with Gasteiger partial charge in [-0.05, 0) is 12.3 Å². The first-order valence-corrected chi connectivity index (χ1v) is 3.97. The fraction of sp³-hybridized carbons (Fsp3) is 0.556. The van der Waals surface area contributed by atoms with Crippen molar-refractivity contribution in [1.29, 1.82) is 0 Å². The van der Waals surface area contributed by atoms with E-state index in [-0.39, 0.29) is 11.0 Å². The first-order chi connectivity index (χ1) is 5.41. The quantitative estimate of drug-likeness (QED) is 0.632. The molecule has 0 fully saturated rings. The fourth-order valence-corrected chi connectivity index (χ4v) is 1.02. The van der Waals surface area contributed by atoms with Gasteiger partial charge in [0, 0.05) is 11.8 Å². The number of aromatic amines is 1. The van der Waals surface area contributed by atoms with Crippen molar-refractivity contribution >= 4 is 0 Å². The number of rotatable bonds is 0. The summed E-state index contributed by atoms with van der Waals surface area (Å²) in [5, 5.41) is 0. The normalized spacial score (nSPS) is 11.7. The molecule has 12 heavy (non-hydrogen) atoms. The molecule has 0 unspecified atom stereocenters. The van der Waals surface area contributed by atoms with E-state index in [4.69, 9.17) is 0 Å². The summed E-state index contributed by atoms with van der Waals surface area (Å²) in [4.78, 5) is 18.1. The molecule has 0 atom stereocenters. The predicted molar refractivity (Wildman–Crippen MR) is 48.3 cm³/mol. The molecule has 0 amide bonds. The van der Waals surface area contributed by atoms with E-state index in [0.29, 0.717) is 5.82 Å². The van der Waals surface area contributed by atoms with Crippen LogP contribution in [0.15, 0.2) is 11.0 Å². The van der Waals surface area contributed by atoms with Gasteiger partial charge in [-0.2, -0.15) is 0 Å². The van der Waals surface area contributed by atoms with E-state index >= 15 is 0 Å². The minimum atomic E-state index is -0.131. The third kappa shape index (κ3) is 1.72. The number of hydrogen-bond donors (Lipinski definition) is 1. The minimum Gasteiger partial charge on any atom is -0.311 e. The van der Waals surface area contributed by atoms with Gasteiger partial charge in [-0.15, -0.1) is 0 Å². The van der Waals surface area contributed by atoms with E-state index in [9.17, 15) is 4.79 Å². The molecule has 1 rings (SSSR count). The van der Waals surface area contributed by atoms with Crippen molar-refractivity contribution in [1.82, 2.24) is 9.97 Å². The molecule has 0 saturated carbocycles. The van der Waals surface area contributed by atoms with Crippen LogP contribution in [0.3, 0.4) is 0 Å². The van der Waals surface area contributed by atoms with Crippen LogP contribution < -0.4 is 5.56 Å². The maximum atomic E-state index is 11.4. The van der Waals surface area contributed by atoms with Crippen molar-refractivity contribution < 1.29 is 0 Å². The van der Waals surface area contributed by atoms with Crippen LogP contribution in [-0.2, 0) is 5.41 Å². The summed E-state index contributed by atoms with van der Waals surface area (Å²) in [6.45, 7) is 7.76. The molecule has 1 aromatic rings. The minimum absolute atomic E-state index is 0.0324. The van der Waals surface area contributed by atoms with Crippen LogP contribution in [0.5, 0.6) is 0 Å². The van der Waals surface area contributed by atoms with Crippen molar-refractivity contribution in [2.75, 3.05) is 0 Å². The third-order valence-electron chi connectivity index (χ3n) is 1.73. The Balaban J connectivity index is 3.29. The van der Waals surface area contributed by atoms with Gasteiger partial charge in [0.05, 0.1) is 0 Å². The second-order valence-corrected chi connectivity index (χ2v) is 3.96. The van der Waals surface area contributed by atoms with Gasteiger partial charge in [0.15, 0.2) is 0 Å². The summed E-state index contributed by atoms with van der Waals surface area (Å²) in [7, 11) is 0. The number of aromatic nitrogens is 2. The van der Waals surface area contributed by atoms with E-state index in [2.05, 4.69) is 9.97 Å². The Bertz CT molecular complexity index is 333. The Morgan fingerprint density at radius 1 is 1.42 bits per heavy atom. The molecule has 0 bridgehead atoms. The smallest absolute Gasteiger partial charge is 0.254 e. The Hall–Kier alpha value is -1.12. The van der Waals surface area contributed by atoms with Gasteiger partial charge < -0.3 is 4.98 Å². The molecule has 1 heterocycles. The molecule has 1 aromatic heterocycles. The Morgan fingerprint density at radius 3 is 2.42 bits per heavy atom. The van der Waals surface area contributed by atoms with E-state index in [0.717, 1.165) is 5.56 Å². The summed E-state index contributed by atoms with van der Waals surface area (Å²) in [6.07, 6.45) is 1.65. The summed E-state index contributed by atoms with van der Waals surface area (Å²) >= 11 is 0. The van der Waals surface area contributed by atoms with Gasteiger partial charge in [-0.3, -0.25) is 4.79 Å². The zero-order valence-corrected chi connectivity index (χ0v) is 7.93. The second-order valence-electron chi connectivity index (χ2n) is 3.96. The number of aryl methyl sites for hydroxylation is 1. The highest BCUT2D eigenvalue weighted by atomic mass is 16.1. The molecule has 0 aromatic carbocycles. The average Bonchev–Trinajstić information content (AvgIpc) is 1.83. The molecule has 3 heteroatoms. The number of hydrogen-bond acceptors (Lipinski definition) is 2.